The van der Waals surface area contributed by atoms with Gasteiger partial charge in [-0.3, -0.25) is 4.79 Å². The Morgan fingerprint density at radius 2 is 1.96 bits per heavy atom. The van der Waals surface area contributed by atoms with Gasteiger partial charge in [-0.1, -0.05) is 12.1 Å². The van der Waals surface area contributed by atoms with E-state index in [1.54, 1.807) is 50.4 Å². The van der Waals surface area contributed by atoms with Crippen LogP contribution in [0.3, 0.4) is 0 Å². The maximum absolute atomic E-state index is 13.5. The third kappa shape index (κ3) is 3.13. The van der Waals surface area contributed by atoms with Crippen LogP contribution in [0.5, 0.6) is 5.75 Å². The van der Waals surface area contributed by atoms with Gasteiger partial charge in [-0.25, -0.2) is 9.37 Å². The number of benzene rings is 2. The molecule has 116 valence electrons. The van der Waals surface area contributed by atoms with Crippen LogP contribution >= 0.6 is 0 Å². The molecule has 0 aliphatic carbocycles. The number of fused-ring (bicyclic) bond motifs is 1. The second-order valence-electron chi connectivity index (χ2n) is 5.17. The van der Waals surface area contributed by atoms with E-state index in [2.05, 4.69) is 10.3 Å². The third-order valence-electron chi connectivity index (χ3n) is 3.56. The van der Waals surface area contributed by atoms with Crippen LogP contribution in [0.2, 0.25) is 0 Å². The van der Waals surface area contributed by atoms with Gasteiger partial charge in [-0.05, 0) is 48.9 Å². The van der Waals surface area contributed by atoms with Crippen LogP contribution in [0.1, 0.15) is 16.1 Å². The molecule has 0 unspecified atom stereocenters. The standard InChI is InChI=1S/C18H15FN2O2/c1-11-3-5-13(10-15(11)19)20-18(22)17-7-4-12-9-14(23-2)6-8-16(12)21-17/h3-10H,1-2H3,(H,20,22). The average molecular weight is 310 g/mol. The Morgan fingerprint density at radius 1 is 1.13 bits per heavy atom. The number of halogens is 1. The van der Waals surface area contributed by atoms with Crippen molar-refractivity contribution < 1.29 is 13.9 Å². The number of rotatable bonds is 3. The molecule has 1 aromatic heterocycles. The Kier molecular flexibility index (Phi) is 3.93. The van der Waals surface area contributed by atoms with Gasteiger partial charge >= 0.3 is 0 Å². The lowest BCUT2D eigenvalue weighted by molar-refractivity contribution is 0.102. The molecule has 0 saturated heterocycles. The van der Waals surface area contributed by atoms with Gasteiger partial charge in [-0.2, -0.15) is 0 Å². The molecule has 3 aromatic rings. The van der Waals surface area contributed by atoms with Crippen molar-refractivity contribution in [2.24, 2.45) is 0 Å². The monoisotopic (exact) mass is 310 g/mol. The first kappa shape index (κ1) is 15.0. The summed E-state index contributed by atoms with van der Waals surface area (Å²) in [5, 5.41) is 3.52. The van der Waals surface area contributed by atoms with Crippen LogP contribution in [-0.2, 0) is 0 Å². The predicted molar refractivity (Wildman–Crippen MR) is 87.4 cm³/mol. The van der Waals surface area contributed by atoms with Crippen LogP contribution in [0.4, 0.5) is 10.1 Å². The number of amides is 1. The number of carbonyl (C=O) groups excluding carboxylic acids is 1. The number of pyridine rings is 1. The normalized spacial score (nSPS) is 10.6. The number of nitrogens with zero attached hydrogens (tertiary/aromatic N) is 1. The van der Waals surface area contributed by atoms with Gasteiger partial charge in [0.15, 0.2) is 0 Å². The maximum atomic E-state index is 13.5. The van der Waals surface area contributed by atoms with Crippen LogP contribution < -0.4 is 10.1 Å². The molecule has 0 spiro atoms. The van der Waals surface area contributed by atoms with E-state index >= 15 is 0 Å². The van der Waals surface area contributed by atoms with Crippen molar-refractivity contribution in [1.82, 2.24) is 4.98 Å². The van der Waals surface area contributed by atoms with Crippen molar-refractivity contribution in [3.63, 3.8) is 0 Å². The zero-order valence-electron chi connectivity index (χ0n) is 12.8. The third-order valence-corrected chi connectivity index (χ3v) is 3.56. The fourth-order valence-electron chi connectivity index (χ4n) is 2.22. The predicted octanol–water partition coefficient (Wildman–Crippen LogP) is 3.94. The summed E-state index contributed by atoms with van der Waals surface area (Å²) < 4.78 is 18.7. The Labute approximate surface area is 132 Å². The molecule has 3 rings (SSSR count). The second-order valence-corrected chi connectivity index (χ2v) is 5.17. The molecular formula is C18H15FN2O2. The molecule has 4 nitrogen and oxygen atoms in total. The van der Waals surface area contributed by atoms with Crippen molar-refractivity contribution in [3.8, 4) is 5.75 Å². The number of aryl methyl sites for hydroxylation is 1. The molecule has 0 atom stereocenters. The lowest BCUT2D eigenvalue weighted by Crippen LogP contribution is -2.13. The van der Waals surface area contributed by atoms with Crippen LogP contribution in [0, 0.1) is 12.7 Å². The quantitative estimate of drug-likeness (QED) is 0.797. The highest BCUT2D eigenvalue weighted by atomic mass is 19.1. The van der Waals surface area contributed by atoms with Gasteiger partial charge in [0.2, 0.25) is 0 Å². The Morgan fingerprint density at radius 3 is 2.70 bits per heavy atom. The SMILES string of the molecule is COc1ccc2nc(C(=O)Nc3ccc(C)c(F)c3)ccc2c1. The van der Waals surface area contributed by atoms with E-state index in [0.717, 1.165) is 11.1 Å². The van der Waals surface area contributed by atoms with Crippen LogP contribution in [-0.4, -0.2) is 18.0 Å². The summed E-state index contributed by atoms with van der Waals surface area (Å²) in [6, 6.07) is 13.4. The Balaban J connectivity index is 1.86. The minimum Gasteiger partial charge on any atom is -0.497 e. The molecule has 0 aliphatic heterocycles. The molecule has 0 radical (unpaired) electrons. The molecule has 0 fully saturated rings. The van der Waals surface area contributed by atoms with E-state index in [4.69, 9.17) is 4.74 Å². The van der Waals surface area contributed by atoms with Crippen molar-refractivity contribution in [3.05, 3.63) is 65.6 Å². The highest BCUT2D eigenvalue weighted by Gasteiger charge is 2.10. The van der Waals surface area contributed by atoms with E-state index in [0.29, 0.717) is 16.8 Å². The lowest BCUT2D eigenvalue weighted by atomic mass is 10.2. The Hall–Kier alpha value is -2.95. The number of ether oxygens (including phenoxy) is 1. The van der Waals surface area contributed by atoms with Crippen molar-refractivity contribution >= 4 is 22.5 Å². The lowest BCUT2D eigenvalue weighted by Gasteiger charge is -2.07. The average Bonchev–Trinajstić information content (AvgIpc) is 2.57. The molecule has 1 heterocycles. The minimum atomic E-state index is -0.383. The summed E-state index contributed by atoms with van der Waals surface area (Å²) in [7, 11) is 1.59. The van der Waals surface area contributed by atoms with Gasteiger partial charge in [0.25, 0.3) is 5.91 Å². The molecule has 0 bridgehead atoms. The number of anilines is 1. The zero-order valence-corrected chi connectivity index (χ0v) is 12.8. The molecular weight excluding hydrogens is 295 g/mol. The number of nitrogens with one attached hydrogen (secondary N) is 1. The van der Waals surface area contributed by atoms with Gasteiger partial charge in [0.05, 0.1) is 12.6 Å². The zero-order chi connectivity index (χ0) is 16.4. The van der Waals surface area contributed by atoms with E-state index in [1.165, 1.54) is 6.07 Å². The van der Waals surface area contributed by atoms with Crippen molar-refractivity contribution in [2.75, 3.05) is 12.4 Å². The molecule has 0 saturated carbocycles. The van der Waals surface area contributed by atoms with Gasteiger partial charge in [0, 0.05) is 11.1 Å². The molecule has 1 amide bonds. The fraction of sp³-hybridized carbons (Fsp3) is 0.111. The number of hydrogen-bond donors (Lipinski definition) is 1. The summed E-state index contributed by atoms with van der Waals surface area (Å²) in [5.41, 5.74) is 1.88. The smallest absolute Gasteiger partial charge is 0.274 e. The van der Waals surface area contributed by atoms with E-state index in [1.807, 2.05) is 6.07 Å². The topological polar surface area (TPSA) is 51.2 Å². The Bertz CT molecular complexity index is 893. The highest BCUT2D eigenvalue weighted by molar-refractivity contribution is 6.04. The first-order chi connectivity index (χ1) is 11.1. The van der Waals surface area contributed by atoms with E-state index in [-0.39, 0.29) is 17.4 Å². The van der Waals surface area contributed by atoms with Gasteiger partial charge in [-0.15, -0.1) is 0 Å². The van der Waals surface area contributed by atoms with Crippen molar-refractivity contribution in [2.45, 2.75) is 6.92 Å². The number of aromatic nitrogens is 1. The summed E-state index contributed by atoms with van der Waals surface area (Å²) in [5.74, 6) is -0.0148. The molecule has 5 heteroatoms. The maximum Gasteiger partial charge on any atom is 0.274 e. The minimum absolute atomic E-state index is 0.267. The molecule has 23 heavy (non-hydrogen) atoms. The first-order valence-electron chi connectivity index (χ1n) is 7.09. The summed E-state index contributed by atoms with van der Waals surface area (Å²) in [6.07, 6.45) is 0. The van der Waals surface area contributed by atoms with E-state index < -0.39 is 0 Å². The summed E-state index contributed by atoms with van der Waals surface area (Å²) in [4.78, 5) is 16.6. The van der Waals surface area contributed by atoms with Gasteiger partial charge in [0.1, 0.15) is 17.3 Å². The number of hydrogen-bond acceptors (Lipinski definition) is 3. The largest absolute Gasteiger partial charge is 0.497 e. The summed E-state index contributed by atoms with van der Waals surface area (Å²) >= 11 is 0. The number of carbonyl (C=O) groups is 1. The van der Waals surface area contributed by atoms with E-state index in [9.17, 15) is 9.18 Å². The first-order valence-corrected chi connectivity index (χ1v) is 7.09. The van der Waals surface area contributed by atoms with Crippen LogP contribution in [0.15, 0.2) is 48.5 Å². The number of methoxy groups -OCH3 is 1. The summed E-state index contributed by atoms with van der Waals surface area (Å²) in [6.45, 7) is 1.67. The second kappa shape index (κ2) is 6.04. The molecule has 2 aromatic carbocycles. The van der Waals surface area contributed by atoms with Gasteiger partial charge < -0.3 is 10.1 Å². The van der Waals surface area contributed by atoms with Crippen molar-refractivity contribution in [1.29, 1.82) is 0 Å². The van der Waals surface area contributed by atoms with Crippen LogP contribution in [0.25, 0.3) is 10.9 Å². The molecule has 1 N–H and O–H groups in total. The molecule has 0 aliphatic rings. The fourth-order valence-corrected chi connectivity index (χ4v) is 2.22. The highest BCUT2D eigenvalue weighted by Crippen LogP contribution is 2.20.